The molecule has 132 valence electrons. The normalized spacial score (nSPS) is 26.1. The Hall–Kier alpha value is -1.85. The Morgan fingerprint density at radius 1 is 0.960 bits per heavy atom. The van der Waals surface area contributed by atoms with Crippen molar-refractivity contribution in [2.24, 2.45) is 17.8 Å². The molecule has 1 saturated heterocycles. The molecule has 0 aromatic heterocycles. The maximum atomic E-state index is 11.5. The van der Waals surface area contributed by atoms with Crippen molar-refractivity contribution in [2.75, 3.05) is 19.3 Å². The van der Waals surface area contributed by atoms with Crippen LogP contribution in [0.2, 0.25) is 0 Å². The second kappa shape index (κ2) is 6.15. The van der Waals surface area contributed by atoms with Gasteiger partial charge < -0.3 is 10.1 Å². The van der Waals surface area contributed by atoms with E-state index >= 15 is 0 Å². The largest absolute Gasteiger partial charge is 0.490 e. The van der Waals surface area contributed by atoms with Crippen LogP contribution in [0, 0.1) is 17.8 Å². The number of piperidine rings is 1. The van der Waals surface area contributed by atoms with Gasteiger partial charge in [0.2, 0.25) is 0 Å². The summed E-state index contributed by atoms with van der Waals surface area (Å²) in [7, 11) is -3.16. The number of hydrogen-bond donors (Lipinski definition) is 1. The molecular formula is C20H23NO3S. The van der Waals surface area contributed by atoms with Crippen molar-refractivity contribution >= 4 is 9.84 Å². The third-order valence-electron chi connectivity index (χ3n) is 5.49. The molecule has 1 heterocycles. The van der Waals surface area contributed by atoms with Crippen LogP contribution in [0.25, 0.3) is 11.1 Å². The lowest BCUT2D eigenvalue weighted by atomic mass is 10.1. The van der Waals surface area contributed by atoms with E-state index in [1.807, 2.05) is 36.4 Å². The van der Waals surface area contributed by atoms with Crippen molar-refractivity contribution in [3.63, 3.8) is 0 Å². The molecule has 0 spiro atoms. The molecule has 5 heteroatoms. The monoisotopic (exact) mass is 357 g/mol. The molecule has 2 aliphatic rings. The van der Waals surface area contributed by atoms with Crippen LogP contribution < -0.4 is 10.1 Å². The first-order valence-corrected chi connectivity index (χ1v) is 10.6. The number of rotatable bonds is 5. The highest BCUT2D eigenvalue weighted by Crippen LogP contribution is 2.51. The fourth-order valence-electron chi connectivity index (χ4n) is 4.08. The van der Waals surface area contributed by atoms with Crippen LogP contribution >= 0.6 is 0 Å². The van der Waals surface area contributed by atoms with Crippen LogP contribution in [-0.2, 0) is 9.84 Å². The predicted molar refractivity (Wildman–Crippen MR) is 98.4 cm³/mol. The Morgan fingerprint density at radius 2 is 1.48 bits per heavy atom. The second-order valence-electron chi connectivity index (χ2n) is 7.21. The van der Waals surface area contributed by atoms with E-state index in [9.17, 15) is 8.42 Å². The van der Waals surface area contributed by atoms with Crippen molar-refractivity contribution in [2.45, 2.75) is 17.9 Å². The number of hydrogen-bond acceptors (Lipinski definition) is 4. The van der Waals surface area contributed by atoms with Gasteiger partial charge in [-0.3, -0.25) is 0 Å². The molecule has 2 fully saturated rings. The van der Waals surface area contributed by atoms with Crippen molar-refractivity contribution < 1.29 is 13.2 Å². The van der Waals surface area contributed by atoms with Crippen molar-refractivity contribution in [1.29, 1.82) is 0 Å². The van der Waals surface area contributed by atoms with Gasteiger partial charge in [-0.05, 0) is 67.2 Å². The number of sulfone groups is 1. The first kappa shape index (κ1) is 16.6. The molecule has 0 amide bonds. The summed E-state index contributed by atoms with van der Waals surface area (Å²) in [6, 6.07) is 15.0. The summed E-state index contributed by atoms with van der Waals surface area (Å²) in [5, 5.41) is 3.42. The van der Waals surface area contributed by atoms with Crippen LogP contribution in [0.15, 0.2) is 53.4 Å². The third kappa shape index (κ3) is 3.31. The zero-order valence-electron chi connectivity index (χ0n) is 14.5. The quantitative estimate of drug-likeness (QED) is 0.894. The smallest absolute Gasteiger partial charge is 0.175 e. The summed E-state index contributed by atoms with van der Waals surface area (Å²) >= 11 is 0. The second-order valence-corrected chi connectivity index (χ2v) is 9.22. The van der Waals surface area contributed by atoms with Crippen LogP contribution in [0.4, 0.5) is 0 Å². The number of benzene rings is 2. The van der Waals surface area contributed by atoms with Crippen LogP contribution in [0.5, 0.6) is 5.75 Å². The van der Waals surface area contributed by atoms with Crippen molar-refractivity contribution in [3.05, 3.63) is 48.5 Å². The zero-order chi connectivity index (χ0) is 17.6. The lowest BCUT2D eigenvalue weighted by molar-refractivity contribution is 0.181. The van der Waals surface area contributed by atoms with Gasteiger partial charge in [-0.1, -0.05) is 24.3 Å². The van der Waals surface area contributed by atoms with Gasteiger partial charge in [-0.2, -0.15) is 0 Å². The summed E-state index contributed by atoms with van der Waals surface area (Å²) in [5.74, 6) is 3.16. The molecule has 4 nitrogen and oxygen atoms in total. The van der Waals surface area contributed by atoms with Gasteiger partial charge >= 0.3 is 0 Å². The molecule has 2 aromatic rings. The van der Waals surface area contributed by atoms with E-state index in [1.54, 1.807) is 12.1 Å². The SMILES string of the molecule is C[C@@H](Oc1ccc(-c2ccc(S(C)(=O)=O)cc2)cc1)C1C2CNC[C@@H]21. The molecule has 1 N–H and O–H groups in total. The Kier molecular flexibility index (Phi) is 4.08. The van der Waals surface area contributed by atoms with Crippen LogP contribution in [0.1, 0.15) is 6.92 Å². The molecule has 0 radical (unpaired) electrons. The number of ether oxygens (including phenoxy) is 1. The van der Waals surface area contributed by atoms with E-state index < -0.39 is 9.84 Å². The van der Waals surface area contributed by atoms with Crippen molar-refractivity contribution in [1.82, 2.24) is 5.32 Å². The molecule has 1 saturated carbocycles. The van der Waals surface area contributed by atoms with E-state index in [4.69, 9.17) is 4.74 Å². The van der Waals surface area contributed by atoms with E-state index in [-0.39, 0.29) is 6.10 Å². The van der Waals surface area contributed by atoms with Gasteiger partial charge in [0.1, 0.15) is 5.75 Å². The summed E-state index contributed by atoms with van der Waals surface area (Å²) in [4.78, 5) is 0.342. The summed E-state index contributed by atoms with van der Waals surface area (Å²) < 4.78 is 29.2. The fraction of sp³-hybridized carbons (Fsp3) is 0.400. The average Bonchev–Trinajstić information content (AvgIpc) is 3.08. The predicted octanol–water partition coefficient (Wildman–Crippen LogP) is 2.99. The zero-order valence-corrected chi connectivity index (χ0v) is 15.3. The van der Waals surface area contributed by atoms with E-state index in [0.29, 0.717) is 10.8 Å². The fourth-order valence-corrected chi connectivity index (χ4v) is 4.71. The Labute approximate surface area is 149 Å². The van der Waals surface area contributed by atoms with Gasteiger partial charge in [-0.15, -0.1) is 0 Å². The minimum Gasteiger partial charge on any atom is -0.490 e. The first-order valence-electron chi connectivity index (χ1n) is 8.71. The van der Waals surface area contributed by atoms with Crippen LogP contribution in [-0.4, -0.2) is 33.9 Å². The minimum atomic E-state index is -3.16. The molecule has 4 atom stereocenters. The molecule has 0 bridgehead atoms. The highest BCUT2D eigenvalue weighted by Gasteiger charge is 2.56. The Morgan fingerprint density at radius 3 is 2.00 bits per heavy atom. The summed E-state index contributed by atoms with van der Waals surface area (Å²) in [6.45, 7) is 4.43. The summed E-state index contributed by atoms with van der Waals surface area (Å²) in [6.07, 6.45) is 1.47. The topological polar surface area (TPSA) is 55.4 Å². The highest BCUT2D eigenvalue weighted by molar-refractivity contribution is 7.90. The van der Waals surface area contributed by atoms with E-state index in [2.05, 4.69) is 12.2 Å². The van der Waals surface area contributed by atoms with E-state index in [1.165, 1.54) is 6.26 Å². The number of nitrogens with one attached hydrogen (secondary N) is 1. The number of fused-ring (bicyclic) bond motifs is 1. The Balaban J connectivity index is 1.43. The summed E-state index contributed by atoms with van der Waals surface area (Å²) in [5.41, 5.74) is 2.04. The third-order valence-corrected chi connectivity index (χ3v) is 6.62. The van der Waals surface area contributed by atoms with Gasteiger partial charge in [-0.25, -0.2) is 8.42 Å². The Bertz CT molecular complexity index is 849. The molecular weight excluding hydrogens is 334 g/mol. The maximum absolute atomic E-state index is 11.5. The lowest BCUT2D eigenvalue weighted by Gasteiger charge is -2.17. The molecule has 2 unspecified atom stereocenters. The molecule has 25 heavy (non-hydrogen) atoms. The van der Waals surface area contributed by atoms with Gasteiger partial charge in [0.05, 0.1) is 11.0 Å². The molecule has 4 rings (SSSR count). The average molecular weight is 357 g/mol. The maximum Gasteiger partial charge on any atom is 0.175 e. The highest BCUT2D eigenvalue weighted by atomic mass is 32.2. The molecule has 1 aliphatic heterocycles. The lowest BCUT2D eigenvalue weighted by Crippen LogP contribution is -2.23. The molecule has 2 aromatic carbocycles. The van der Waals surface area contributed by atoms with Crippen LogP contribution in [0.3, 0.4) is 0 Å². The van der Waals surface area contributed by atoms with Gasteiger partial charge in [0.25, 0.3) is 0 Å². The first-order chi connectivity index (χ1) is 11.9. The van der Waals surface area contributed by atoms with Crippen molar-refractivity contribution in [3.8, 4) is 16.9 Å². The minimum absolute atomic E-state index is 0.247. The standard InChI is InChI=1S/C20H23NO3S/c1-13(20-18-11-21-12-19(18)20)24-16-7-3-14(4-8-16)15-5-9-17(10-6-15)25(2,22)23/h3-10,13,18-21H,11-12H2,1-2H3/t13-,18+,19?,20?/m1/s1. The van der Waals surface area contributed by atoms with E-state index in [0.717, 1.165) is 41.8 Å². The van der Waals surface area contributed by atoms with Gasteiger partial charge in [0.15, 0.2) is 9.84 Å². The van der Waals surface area contributed by atoms with Gasteiger partial charge in [0, 0.05) is 12.2 Å². The molecule has 1 aliphatic carbocycles.